The molecule has 0 saturated carbocycles. The molecule has 0 unspecified atom stereocenters. The lowest BCUT2D eigenvalue weighted by Crippen LogP contribution is -2.36. The van der Waals surface area contributed by atoms with Crippen molar-refractivity contribution in [2.75, 3.05) is 43.0 Å². The summed E-state index contributed by atoms with van der Waals surface area (Å²) in [5, 5.41) is 12.2. The maximum absolute atomic E-state index is 8.92. The van der Waals surface area contributed by atoms with Crippen LogP contribution in [0.25, 0.3) is 0 Å². The molecule has 1 aliphatic heterocycles. The number of thioether (sulfide) groups is 1. The van der Waals surface area contributed by atoms with Crippen molar-refractivity contribution in [1.82, 2.24) is 9.88 Å². The third-order valence-corrected chi connectivity index (χ3v) is 3.69. The summed E-state index contributed by atoms with van der Waals surface area (Å²) in [5.74, 6) is 3.15. The van der Waals surface area contributed by atoms with Crippen molar-refractivity contribution in [2.24, 2.45) is 0 Å². The largest absolute Gasteiger partial charge is 0.368 e. The van der Waals surface area contributed by atoms with E-state index in [0.29, 0.717) is 11.4 Å². The zero-order valence-corrected chi connectivity index (χ0v) is 10.5. The van der Waals surface area contributed by atoms with E-state index in [2.05, 4.69) is 21.3 Å². The quantitative estimate of drug-likeness (QED) is 0.873. The predicted molar refractivity (Wildman–Crippen MR) is 71.2 cm³/mol. The molecule has 1 aromatic rings. The molecule has 1 N–H and O–H groups in total. The van der Waals surface area contributed by atoms with Crippen LogP contribution in [0.5, 0.6) is 0 Å². The van der Waals surface area contributed by atoms with Crippen molar-refractivity contribution in [2.45, 2.75) is 0 Å². The summed E-state index contributed by atoms with van der Waals surface area (Å²) in [5.41, 5.74) is 0.613. The molecule has 0 amide bonds. The molecular weight excluding hydrogens is 232 g/mol. The van der Waals surface area contributed by atoms with Crippen LogP contribution in [0.15, 0.2) is 18.3 Å². The number of rotatable bonds is 4. The third kappa shape index (κ3) is 3.62. The van der Waals surface area contributed by atoms with Gasteiger partial charge >= 0.3 is 0 Å². The molecule has 1 saturated heterocycles. The molecule has 2 rings (SSSR count). The molecule has 2 heterocycles. The lowest BCUT2D eigenvalue weighted by Gasteiger charge is -2.26. The fourth-order valence-electron chi connectivity index (χ4n) is 1.79. The van der Waals surface area contributed by atoms with E-state index in [0.717, 1.165) is 13.1 Å². The van der Waals surface area contributed by atoms with Gasteiger partial charge in [-0.25, -0.2) is 4.98 Å². The predicted octanol–water partition coefficient (Wildman–Crippen LogP) is 1.41. The first-order valence-electron chi connectivity index (χ1n) is 5.79. The summed E-state index contributed by atoms with van der Waals surface area (Å²) in [4.78, 5) is 6.62. The number of hydrogen-bond donors (Lipinski definition) is 1. The lowest BCUT2D eigenvalue weighted by atomic mass is 10.3. The van der Waals surface area contributed by atoms with Gasteiger partial charge in [0.25, 0.3) is 0 Å². The van der Waals surface area contributed by atoms with Crippen molar-refractivity contribution >= 4 is 17.6 Å². The van der Waals surface area contributed by atoms with Gasteiger partial charge in [0.05, 0.1) is 5.56 Å². The highest BCUT2D eigenvalue weighted by Gasteiger charge is 2.09. The van der Waals surface area contributed by atoms with E-state index < -0.39 is 0 Å². The number of nitriles is 1. The van der Waals surface area contributed by atoms with E-state index >= 15 is 0 Å². The van der Waals surface area contributed by atoms with E-state index in [4.69, 9.17) is 5.26 Å². The zero-order chi connectivity index (χ0) is 11.9. The van der Waals surface area contributed by atoms with Gasteiger partial charge in [-0.1, -0.05) is 0 Å². The van der Waals surface area contributed by atoms with Gasteiger partial charge in [0.2, 0.25) is 0 Å². The van der Waals surface area contributed by atoms with Gasteiger partial charge in [-0.2, -0.15) is 17.0 Å². The Kier molecular flexibility index (Phi) is 4.65. The second kappa shape index (κ2) is 6.48. The van der Waals surface area contributed by atoms with Crippen LogP contribution in [-0.4, -0.2) is 47.6 Å². The van der Waals surface area contributed by atoms with Gasteiger partial charge in [0.15, 0.2) is 0 Å². The third-order valence-electron chi connectivity index (χ3n) is 2.75. The molecule has 4 nitrogen and oxygen atoms in total. The van der Waals surface area contributed by atoms with Crippen molar-refractivity contribution in [3.05, 3.63) is 23.9 Å². The summed E-state index contributed by atoms with van der Waals surface area (Å²) in [6, 6.07) is 5.71. The first kappa shape index (κ1) is 12.2. The first-order chi connectivity index (χ1) is 8.40. The van der Waals surface area contributed by atoms with Crippen LogP contribution in [0.1, 0.15) is 5.56 Å². The molecule has 0 aromatic carbocycles. The Hall–Kier alpha value is -1.25. The second-order valence-corrected chi connectivity index (χ2v) is 5.12. The Morgan fingerprint density at radius 2 is 2.29 bits per heavy atom. The highest BCUT2D eigenvalue weighted by atomic mass is 32.2. The minimum absolute atomic E-state index is 0.613. The standard InChI is InChI=1S/C12H16N4S/c13-10-11-2-1-3-14-12(11)15-4-5-16-6-8-17-9-7-16/h1-3H,4-9H2,(H,14,15). The summed E-state index contributed by atoms with van der Waals surface area (Å²) in [6.07, 6.45) is 1.71. The van der Waals surface area contributed by atoms with E-state index in [9.17, 15) is 0 Å². The number of hydrogen-bond acceptors (Lipinski definition) is 5. The second-order valence-electron chi connectivity index (χ2n) is 3.89. The number of pyridine rings is 1. The van der Waals surface area contributed by atoms with Gasteiger partial charge < -0.3 is 5.32 Å². The van der Waals surface area contributed by atoms with E-state index in [1.165, 1.54) is 24.6 Å². The molecule has 0 aliphatic carbocycles. The average molecular weight is 248 g/mol. The molecule has 5 heteroatoms. The monoisotopic (exact) mass is 248 g/mol. The molecule has 17 heavy (non-hydrogen) atoms. The summed E-state index contributed by atoms with van der Waals surface area (Å²) < 4.78 is 0. The Bertz CT molecular complexity index is 396. The molecule has 1 aromatic heterocycles. The maximum atomic E-state index is 8.92. The van der Waals surface area contributed by atoms with Crippen molar-refractivity contribution in [1.29, 1.82) is 5.26 Å². The number of aromatic nitrogens is 1. The van der Waals surface area contributed by atoms with Crippen LogP contribution in [0, 0.1) is 11.3 Å². The van der Waals surface area contributed by atoms with Gasteiger partial charge in [-0.05, 0) is 12.1 Å². The summed E-state index contributed by atoms with van der Waals surface area (Å²) >= 11 is 2.02. The van der Waals surface area contributed by atoms with E-state index in [-0.39, 0.29) is 0 Å². The normalized spacial score (nSPS) is 16.4. The highest BCUT2D eigenvalue weighted by Crippen LogP contribution is 2.10. The van der Waals surface area contributed by atoms with E-state index in [1.807, 2.05) is 11.8 Å². The van der Waals surface area contributed by atoms with Crippen LogP contribution in [0.2, 0.25) is 0 Å². The smallest absolute Gasteiger partial charge is 0.143 e. The summed E-state index contributed by atoms with van der Waals surface area (Å²) in [7, 11) is 0. The van der Waals surface area contributed by atoms with Crippen molar-refractivity contribution < 1.29 is 0 Å². The molecule has 1 aliphatic rings. The van der Waals surface area contributed by atoms with Gasteiger partial charge in [-0.15, -0.1) is 0 Å². The fourth-order valence-corrected chi connectivity index (χ4v) is 2.77. The summed E-state index contributed by atoms with van der Waals surface area (Å²) in [6.45, 7) is 4.19. The Labute approximate surface area is 106 Å². The maximum Gasteiger partial charge on any atom is 0.143 e. The first-order valence-corrected chi connectivity index (χ1v) is 6.95. The SMILES string of the molecule is N#Cc1cccnc1NCCN1CCSCC1. The Morgan fingerprint density at radius 3 is 3.06 bits per heavy atom. The van der Waals surface area contributed by atoms with Crippen LogP contribution in [0.4, 0.5) is 5.82 Å². The molecule has 0 bridgehead atoms. The molecule has 0 radical (unpaired) electrons. The Balaban J connectivity index is 1.79. The van der Waals surface area contributed by atoms with Crippen molar-refractivity contribution in [3.63, 3.8) is 0 Å². The lowest BCUT2D eigenvalue weighted by molar-refractivity contribution is 0.314. The fraction of sp³-hybridized carbons (Fsp3) is 0.500. The van der Waals surface area contributed by atoms with Gasteiger partial charge in [-0.3, -0.25) is 4.90 Å². The minimum atomic E-state index is 0.613. The van der Waals surface area contributed by atoms with Crippen molar-refractivity contribution in [3.8, 4) is 6.07 Å². The molecule has 0 spiro atoms. The van der Waals surface area contributed by atoms with Gasteiger partial charge in [0.1, 0.15) is 11.9 Å². The molecule has 0 atom stereocenters. The molecular formula is C12H16N4S. The number of nitrogens with one attached hydrogen (secondary N) is 1. The van der Waals surface area contributed by atoms with Crippen LogP contribution in [0.3, 0.4) is 0 Å². The van der Waals surface area contributed by atoms with Crippen LogP contribution in [-0.2, 0) is 0 Å². The van der Waals surface area contributed by atoms with Gasteiger partial charge in [0, 0.05) is 43.9 Å². The Morgan fingerprint density at radius 1 is 1.47 bits per heavy atom. The zero-order valence-electron chi connectivity index (χ0n) is 9.72. The molecule has 90 valence electrons. The molecule has 1 fully saturated rings. The van der Waals surface area contributed by atoms with Crippen LogP contribution < -0.4 is 5.32 Å². The van der Waals surface area contributed by atoms with Crippen LogP contribution >= 0.6 is 11.8 Å². The number of nitrogens with zero attached hydrogens (tertiary/aromatic N) is 3. The number of anilines is 1. The average Bonchev–Trinajstić information content (AvgIpc) is 2.40. The minimum Gasteiger partial charge on any atom is -0.368 e. The topological polar surface area (TPSA) is 52.0 Å². The highest BCUT2D eigenvalue weighted by molar-refractivity contribution is 7.99. The van der Waals surface area contributed by atoms with E-state index in [1.54, 1.807) is 18.3 Å².